The standard InChI is InChI=1S/C20H22N6O2/c1-13-21-7-6-18(23-13)28-19-15-11-25(12-16(15)24(2)20(19)27)10-14-9-22-17-5-3-4-8-26(14)17/h3-9,15-16,19H,10-12H2,1-2H3/t15-,16+,19-/m0/s1. The van der Waals surface area contributed by atoms with Crippen LogP contribution in [0, 0.1) is 12.8 Å². The van der Waals surface area contributed by atoms with Crippen LogP contribution in [0.4, 0.5) is 0 Å². The minimum absolute atomic E-state index is 0.0284. The number of aromatic nitrogens is 4. The van der Waals surface area contributed by atoms with Crippen LogP contribution >= 0.6 is 0 Å². The first-order chi connectivity index (χ1) is 13.6. The molecule has 0 bridgehead atoms. The zero-order valence-corrected chi connectivity index (χ0v) is 15.9. The fourth-order valence-corrected chi connectivity index (χ4v) is 4.38. The molecule has 3 aromatic rings. The molecule has 3 atom stereocenters. The summed E-state index contributed by atoms with van der Waals surface area (Å²) in [7, 11) is 1.87. The highest BCUT2D eigenvalue weighted by atomic mass is 16.5. The van der Waals surface area contributed by atoms with E-state index in [-0.39, 0.29) is 17.9 Å². The summed E-state index contributed by atoms with van der Waals surface area (Å²) in [6, 6.07) is 7.86. The van der Waals surface area contributed by atoms with Crippen molar-refractivity contribution >= 4 is 11.6 Å². The molecule has 0 spiro atoms. The lowest BCUT2D eigenvalue weighted by Crippen LogP contribution is -2.38. The second-order valence-corrected chi connectivity index (χ2v) is 7.53. The lowest BCUT2D eigenvalue weighted by atomic mass is 10.0. The quantitative estimate of drug-likeness (QED) is 0.678. The van der Waals surface area contributed by atoms with E-state index < -0.39 is 6.10 Å². The smallest absolute Gasteiger partial charge is 0.264 e. The molecule has 0 aromatic carbocycles. The number of nitrogens with zero attached hydrogens (tertiary/aromatic N) is 6. The Morgan fingerprint density at radius 2 is 2.11 bits per heavy atom. The second-order valence-electron chi connectivity index (χ2n) is 7.53. The van der Waals surface area contributed by atoms with Crippen molar-refractivity contribution in [2.75, 3.05) is 20.1 Å². The van der Waals surface area contributed by atoms with Crippen molar-refractivity contribution in [1.82, 2.24) is 29.2 Å². The van der Waals surface area contributed by atoms with E-state index in [9.17, 15) is 4.79 Å². The molecule has 0 aliphatic carbocycles. The van der Waals surface area contributed by atoms with E-state index in [0.29, 0.717) is 11.7 Å². The van der Waals surface area contributed by atoms with E-state index in [0.717, 1.165) is 31.0 Å². The maximum Gasteiger partial charge on any atom is 0.264 e. The van der Waals surface area contributed by atoms with Gasteiger partial charge in [-0.05, 0) is 19.1 Å². The molecule has 1 amide bonds. The monoisotopic (exact) mass is 378 g/mol. The highest BCUT2D eigenvalue weighted by molar-refractivity contribution is 5.84. The Morgan fingerprint density at radius 1 is 1.21 bits per heavy atom. The van der Waals surface area contributed by atoms with Crippen LogP contribution in [0.15, 0.2) is 42.9 Å². The van der Waals surface area contributed by atoms with Crippen molar-refractivity contribution in [3.05, 3.63) is 54.4 Å². The molecule has 5 rings (SSSR count). The summed E-state index contributed by atoms with van der Waals surface area (Å²) in [5.41, 5.74) is 2.10. The van der Waals surface area contributed by atoms with Crippen molar-refractivity contribution in [3.8, 4) is 5.88 Å². The summed E-state index contributed by atoms with van der Waals surface area (Å²) < 4.78 is 8.13. The maximum atomic E-state index is 12.7. The van der Waals surface area contributed by atoms with Crippen molar-refractivity contribution in [1.29, 1.82) is 0 Å². The Morgan fingerprint density at radius 3 is 2.96 bits per heavy atom. The number of imidazole rings is 1. The first-order valence-corrected chi connectivity index (χ1v) is 9.46. The van der Waals surface area contributed by atoms with Gasteiger partial charge in [-0.1, -0.05) is 6.07 Å². The summed E-state index contributed by atoms with van der Waals surface area (Å²) in [6.07, 6.45) is 5.12. The highest BCUT2D eigenvalue weighted by Crippen LogP contribution is 2.34. The van der Waals surface area contributed by atoms with Crippen LogP contribution in [-0.4, -0.2) is 67.3 Å². The third-order valence-corrected chi connectivity index (χ3v) is 5.76. The van der Waals surface area contributed by atoms with Gasteiger partial charge in [0.05, 0.1) is 17.9 Å². The van der Waals surface area contributed by atoms with Crippen LogP contribution in [0.3, 0.4) is 0 Å². The molecule has 8 nitrogen and oxygen atoms in total. The van der Waals surface area contributed by atoms with Crippen LogP contribution in [-0.2, 0) is 11.3 Å². The van der Waals surface area contributed by atoms with Gasteiger partial charge in [0.2, 0.25) is 5.88 Å². The van der Waals surface area contributed by atoms with Crippen LogP contribution < -0.4 is 4.74 Å². The van der Waals surface area contributed by atoms with Crippen LogP contribution in [0.25, 0.3) is 5.65 Å². The van der Waals surface area contributed by atoms with E-state index in [1.807, 2.05) is 49.5 Å². The number of carbonyl (C=O) groups excluding carboxylic acids is 1. The predicted molar refractivity (Wildman–Crippen MR) is 102 cm³/mol. The SMILES string of the molecule is Cc1nccc(O[C@@H]2C(=O)N(C)[C@@H]3CN(Cc4cnc5ccccn45)C[C@H]23)n1. The number of rotatable bonds is 4. The second kappa shape index (κ2) is 6.56. The van der Waals surface area contributed by atoms with Gasteiger partial charge in [-0.2, -0.15) is 4.98 Å². The van der Waals surface area contributed by atoms with E-state index >= 15 is 0 Å². The fourth-order valence-electron chi connectivity index (χ4n) is 4.38. The maximum absolute atomic E-state index is 12.7. The van der Waals surface area contributed by atoms with E-state index in [1.54, 1.807) is 12.3 Å². The number of likely N-dealkylation sites (N-methyl/N-ethyl adjacent to an activating group) is 1. The molecule has 5 heterocycles. The minimum atomic E-state index is -0.503. The first-order valence-electron chi connectivity index (χ1n) is 9.46. The number of ether oxygens (including phenoxy) is 1. The van der Waals surface area contributed by atoms with E-state index in [4.69, 9.17) is 4.74 Å². The molecule has 0 saturated carbocycles. The molecule has 3 aromatic heterocycles. The van der Waals surface area contributed by atoms with Crippen molar-refractivity contribution in [2.45, 2.75) is 25.6 Å². The third-order valence-electron chi connectivity index (χ3n) is 5.76. The van der Waals surface area contributed by atoms with Gasteiger partial charge in [-0.3, -0.25) is 9.69 Å². The van der Waals surface area contributed by atoms with Crippen LogP contribution in [0.1, 0.15) is 11.5 Å². The largest absolute Gasteiger partial charge is 0.464 e. The summed E-state index contributed by atoms with van der Waals surface area (Å²) in [6.45, 7) is 4.23. The van der Waals surface area contributed by atoms with Crippen molar-refractivity contribution < 1.29 is 9.53 Å². The molecule has 2 saturated heterocycles. The minimum Gasteiger partial charge on any atom is -0.464 e. The Hall–Kier alpha value is -3.00. The lowest BCUT2D eigenvalue weighted by Gasteiger charge is -2.22. The summed E-state index contributed by atoms with van der Waals surface area (Å²) in [5, 5.41) is 0. The van der Waals surface area contributed by atoms with Gasteiger partial charge in [-0.25, -0.2) is 9.97 Å². The topological polar surface area (TPSA) is 75.9 Å². The van der Waals surface area contributed by atoms with E-state index in [1.165, 1.54) is 0 Å². The molecule has 2 fully saturated rings. The average Bonchev–Trinajstić information content (AvgIpc) is 3.35. The number of fused-ring (bicyclic) bond motifs is 2. The Labute approximate surface area is 162 Å². The summed E-state index contributed by atoms with van der Waals surface area (Å²) in [4.78, 5) is 29.8. The van der Waals surface area contributed by atoms with Gasteiger partial charge in [0, 0.05) is 51.1 Å². The van der Waals surface area contributed by atoms with Crippen LogP contribution in [0.2, 0.25) is 0 Å². The van der Waals surface area contributed by atoms with Crippen molar-refractivity contribution in [3.63, 3.8) is 0 Å². The van der Waals surface area contributed by atoms with Gasteiger partial charge >= 0.3 is 0 Å². The molecule has 28 heavy (non-hydrogen) atoms. The molecule has 2 aliphatic heterocycles. The third kappa shape index (κ3) is 2.80. The Balaban J connectivity index is 1.34. The average molecular weight is 378 g/mol. The zero-order valence-electron chi connectivity index (χ0n) is 15.9. The molecular weight excluding hydrogens is 356 g/mol. The zero-order chi connectivity index (χ0) is 19.3. The molecule has 0 unspecified atom stereocenters. The Kier molecular flexibility index (Phi) is 4.01. The number of hydrogen-bond donors (Lipinski definition) is 0. The van der Waals surface area contributed by atoms with E-state index in [2.05, 4.69) is 24.3 Å². The number of carbonyl (C=O) groups is 1. The number of likely N-dealkylation sites (tertiary alicyclic amines) is 2. The fraction of sp³-hybridized carbons (Fsp3) is 0.400. The molecule has 144 valence electrons. The highest BCUT2D eigenvalue weighted by Gasteiger charge is 2.52. The molecule has 8 heteroatoms. The number of hydrogen-bond acceptors (Lipinski definition) is 6. The molecular formula is C20H22N6O2. The molecule has 2 aliphatic rings. The molecule has 0 N–H and O–H groups in total. The number of amides is 1. The first kappa shape index (κ1) is 17.1. The lowest BCUT2D eigenvalue weighted by molar-refractivity contribution is -0.134. The van der Waals surface area contributed by atoms with Gasteiger partial charge < -0.3 is 14.0 Å². The van der Waals surface area contributed by atoms with Gasteiger partial charge in [0.25, 0.3) is 5.91 Å². The Bertz CT molecular complexity index is 1030. The predicted octanol–water partition coefficient (Wildman–Crippen LogP) is 1.15. The van der Waals surface area contributed by atoms with Crippen LogP contribution in [0.5, 0.6) is 5.88 Å². The number of aryl methyl sites for hydroxylation is 1. The van der Waals surface area contributed by atoms with Gasteiger partial charge in [0.1, 0.15) is 11.5 Å². The normalized spacial score (nSPS) is 24.9. The summed E-state index contributed by atoms with van der Waals surface area (Å²) in [5.74, 6) is 1.24. The number of pyridine rings is 1. The van der Waals surface area contributed by atoms with Gasteiger partial charge in [0.15, 0.2) is 6.10 Å². The van der Waals surface area contributed by atoms with Gasteiger partial charge in [-0.15, -0.1) is 0 Å². The summed E-state index contributed by atoms with van der Waals surface area (Å²) >= 11 is 0. The van der Waals surface area contributed by atoms with Crippen molar-refractivity contribution in [2.24, 2.45) is 5.92 Å². The molecule has 0 radical (unpaired) electrons.